The van der Waals surface area contributed by atoms with Crippen molar-refractivity contribution in [1.82, 2.24) is 0 Å². The number of ether oxygens (including phenoxy) is 2. The van der Waals surface area contributed by atoms with Crippen LogP contribution >= 0.6 is 0 Å². The molecule has 31 heavy (non-hydrogen) atoms. The molecule has 3 aliphatic rings. The Labute approximate surface area is 187 Å². The number of fused-ring (bicyclic) bond motifs is 1. The third kappa shape index (κ3) is 6.66. The van der Waals surface area contributed by atoms with Gasteiger partial charge in [0.2, 0.25) is 0 Å². The number of aliphatic hydroxyl groups excluding tert-OH is 2. The Morgan fingerprint density at radius 1 is 1.16 bits per heavy atom. The first-order valence-corrected chi connectivity index (χ1v) is 12.5. The lowest BCUT2D eigenvalue weighted by Crippen LogP contribution is -2.42. The molecular formula is C26H42O5. The van der Waals surface area contributed by atoms with E-state index in [2.05, 4.69) is 32.9 Å². The highest BCUT2D eigenvalue weighted by Crippen LogP contribution is 2.44. The number of cyclic esters (lactones) is 1. The van der Waals surface area contributed by atoms with Crippen LogP contribution in [-0.2, 0) is 14.3 Å². The molecule has 1 aliphatic heterocycles. The van der Waals surface area contributed by atoms with Crippen molar-refractivity contribution in [3.8, 4) is 0 Å². The maximum absolute atomic E-state index is 11.7. The van der Waals surface area contributed by atoms with Crippen molar-refractivity contribution in [3.05, 3.63) is 23.8 Å². The molecule has 1 fully saturated rings. The van der Waals surface area contributed by atoms with Crippen LogP contribution in [0, 0.1) is 23.7 Å². The quantitative estimate of drug-likeness (QED) is 0.493. The zero-order valence-corrected chi connectivity index (χ0v) is 19.5. The molecular weight excluding hydrogens is 392 g/mol. The second-order valence-corrected chi connectivity index (χ2v) is 9.98. The highest BCUT2D eigenvalue weighted by Gasteiger charge is 2.41. The minimum atomic E-state index is -0.583. The SMILES string of the molecule is CCCC(CCC)CO[C@H]1C[C@H](O)C=C2C=C[C@@H](C)[C@H](CC[C@@H]3C[C@@H](O)CC(=O)O3)[C@H]21. The first-order valence-electron chi connectivity index (χ1n) is 12.5. The van der Waals surface area contributed by atoms with E-state index in [0.29, 0.717) is 30.6 Å². The average Bonchev–Trinajstić information content (AvgIpc) is 2.71. The molecule has 0 unspecified atom stereocenters. The van der Waals surface area contributed by atoms with Crippen molar-refractivity contribution >= 4 is 5.97 Å². The summed E-state index contributed by atoms with van der Waals surface area (Å²) >= 11 is 0. The molecule has 0 bridgehead atoms. The zero-order chi connectivity index (χ0) is 22.4. The van der Waals surface area contributed by atoms with Gasteiger partial charge >= 0.3 is 5.97 Å². The molecule has 7 atom stereocenters. The van der Waals surface area contributed by atoms with Crippen molar-refractivity contribution in [2.24, 2.45) is 23.7 Å². The van der Waals surface area contributed by atoms with E-state index in [1.165, 1.54) is 31.3 Å². The Kier molecular flexibility index (Phi) is 9.18. The minimum absolute atomic E-state index is 0.0168. The molecule has 3 rings (SSSR count). The van der Waals surface area contributed by atoms with Crippen molar-refractivity contribution in [2.75, 3.05) is 6.61 Å². The number of carbonyl (C=O) groups excluding carboxylic acids is 1. The third-order valence-corrected chi connectivity index (χ3v) is 7.37. The van der Waals surface area contributed by atoms with Crippen LogP contribution < -0.4 is 0 Å². The summed E-state index contributed by atoms with van der Waals surface area (Å²) in [6.45, 7) is 7.47. The maximum atomic E-state index is 11.7. The van der Waals surface area contributed by atoms with Gasteiger partial charge in [0.15, 0.2) is 0 Å². The fourth-order valence-electron chi connectivity index (χ4n) is 5.84. The molecule has 0 amide bonds. The van der Waals surface area contributed by atoms with E-state index in [1.807, 2.05) is 6.08 Å². The first kappa shape index (κ1) is 24.5. The molecule has 0 aromatic heterocycles. The molecule has 2 aliphatic carbocycles. The standard InChI is InChI=1S/C26H42O5/c1-4-6-18(7-5-2)16-30-24-14-20(27)12-19-9-8-17(3)23(26(19)24)11-10-22-13-21(28)15-25(29)31-22/h8-9,12,17-18,20-24,26-28H,4-7,10-11,13-16H2,1-3H3/t17-,20-,21-,22-,23+,24+,26+/m1/s1. The van der Waals surface area contributed by atoms with E-state index in [1.54, 1.807) is 0 Å². The Morgan fingerprint density at radius 2 is 1.90 bits per heavy atom. The van der Waals surface area contributed by atoms with Gasteiger partial charge in [-0.2, -0.15) is 0 Å². The molecule has 2 N–H and O–H groups in total. The maximum Gasteiger partial charge on any atom is 0.308 e. The molecule has 5 nitrogen and oxygen atoms in total. The molecule has 1 heterocycles. The lowest BCUT2D eigenvalue weighted by molar-refractivity contribution is -0.160. The fourth-order valence-corrected chi connectivity index (χ4v) is 5.84. The first-order chi connectivity index (χ1) is 14.9. The van der Waals surface area contributed by atoms with Gasteiger partial charge in [-0.05, 0) is 49.0 Å². The Morgan fingerprint density at radius 3 is 2.58 bits per heavy atom. The summed E-state index contributed by atoms with van der Waals surface area (Å²) in [7, 11) is 0. The average molecular weight is 435 g/mol. The fraction of sp³-hybridized carbons (Fsp3) is 0.808. The number of aliphatic hydroxyl groups is 2. The van der Waals surface area contributed by atoms with Crippen LogP contribution in [0.5, 0.6) is 0 Å². The number of carbonyl (C=O) groups is 1. The van der Waals surface area contributed by atoms with Crippen molar-refractivity contribution in [3.63, 3.8) is 0 Å². The van der Waals surface area contributed by atoms with Crippen molar-refractivity contribution in [2.45, 2.75) is 103 Å². The van der Waals surface area contributed by atoms with Crippen molar-refractivity contribution in [1.29, 1.82) is 0 Å². The van der Waals surface area contributed by atoms with E-state index in [4.69, 9.17) is 9.47 Å². The number of esters is 1. The number of allylic oxidation sites excluding steroid dienone is 2. The lowest BCUT2D eigenvalue weighted by Gasteiger charge is -2.43. The predicted molar refractivity (Wildman–Crippen MR) is 121 cm³/mol. The summed E-state index contributed by atoms with van der Waals surface area (Å²) in [5.74, 6) is 1.33. The molecule has 0 spiro atoms. The summed E-state index contributed by atoms with van der Waals surface area (Å²) in [6.07, 6.45) is 12.9. The monoisotopic (exact) mass is 434 g/mol. The second kappa shape index (κ2) is 11.6. The van der Waals surface area contributed by atoms with Gasteiger partial charge in [0.25, 0.3) is 0 Å². The van der Waals surface area contributed by atoms with Gasteiger partial charge in [-0.3, -0.25) is 4.79 Å². The van der Waals surface area contributed by atoms with Crippen LogP contribution in [0.3, 0.4) is 0 Å². The highest BCUT2D eigenvalue weighted by molar-refractivity contribution is 5.70. The third-order valence-electron chi connectivity index (χ3n) is 7.37. The van der Waals surface area contributed by atoms with Crippen LogP contribution in [0.2, 0.25) is 0 Å². The van der Waals surface area contributed by atoms with Gasteiger partial charge in [0.1, 0.15) is 6.10 Å². The summed E-state index contributed by atoms with van der Waals surface area (Å²) < 4.78 is 12.0. The van der Waals surface area contributed by atoms with Crippen LogP contribution in [0.1, 0.15) is 78.6 Å². The van der Waals surface area contributed by atoms with Gasteiger partial charge in [0, 0.05) is 25.4 Å². The van der Waals surface area contributed by atoms with Gasteiger partial charge in [0.05, 0.1) is 24.7 Å². The van der Waals surface area contributed by atoms with Gasteiger partial charge in [-0.15, -0.1) is 0 Å². The summed E-state index contributed by atoms with van der Waals surface area (Å²) in [5, 5.41) is 20.4. The second-order valence-electron chi connectivity index (χ2n) is 9.98. The highest BCUT2D eigenvalue weighted by atomic mass is 16.5. The summed E-state index contributed by atoms with van der Waals surface area (Å²) in [4.78, 5) is 11.7. The normalized spacial score (nSPS) is 35.6. The lowest BCUT2D eigenvalue weighted by atomic mass is 9.66. The topological polar surface area (TPSA) is 76.0 Å². The van der Waals surface area contributed by atoms with E-state index < -0.39 is 12.2 Å². The summed E-state index contributed by atoms with van der Waals surface area (Å²) in [5.41, 5.74) is 1.19. The number of hydrogen-bond donors (Lipinski definition) is 2. The van der Waals surface area contributed by atoms with Crippen LogP contribution in [-0.4, -0.2) is 47.2 Å². The smallest absolute Gasteiger partial charge is 0.308 e. The molecule has 5 heteroatoms. The Balaban J connectivity index is 1.68. The molecule has 0 aromatic rings. The van der Waals surface area contributed by atoms with Crippen LogP contribution in [0.4, 0.5) is 0 Å². The molecule has 0 saturated carbocycles. The van der Waals surface area contributed by atoms with E-state index in [9.17, 15) is 15.0 Å². The zero-order valence-electron chi connectivity index (χ0n) is 19.5. The van der Waals surface area contributed by atoms with Crippen molar-refractivity contribution < 1.29 is 24.5 Å². The number of hydrogen-bond acceptors (Lipinski definition) is 5. The largest absolute Gasteiger partial charge is 0.462 e. The van der Waals surface area contributed by atoms with Gasteiger partial charge < -0.3 is 19.7 Å². The Bertz CT molecular complexity index is 636. The predicted octanol–water partition coefficient (Wildman–Crippen LogP) is 4.56. The molecule has 1 saturated heterocycles. The van der Waals surface area contributed by atoms with Gasteiger partial charge in [-0.25, -0.2) is 0 Å². The van der Waals surface area contributed by atoms with Crippen LogP contribution in [0.25, 0.3) is 0 Å². The molecule has 0 aromatic carbocycles. The Hall–Kier alpha value is -1.17. The van der Waals surface area contributed by atoms with E-state index >= 15 is 0 Å². The molecule has 176 valence electrons. The van der Waals surface area contributed by atoms with Gasteiger partial charge in [-0.1, -0.05) is 51.8 Å². The summed E-state index contributed by atoms with van der Waals surface area (Å²) in [6, 6.07) is 0. The molecule has 0 radical (unpaired) electrons. The van der Waals surface area contributed by atoms with Crippen LogP contribution in [0.15, 0.2) is 23.8 Å². The minimum Gasteiger partial charge on any atom is -0.462 e. The number of rotatable bonds is 10. The van der Waals surface area contributed by atoms with E-state index in [-0.39, 0.29) is 30.5 Å². The van der Waals surface area contributed by atoms with E-state index in [0.717, 1.165) is 19.4 Å².